The van der Waals surface area contributed by atoms with Crippen molar-refractivity contribution in [2.75, 3.05) is 0 Å². The first-order valence-corrected chi connectivity index (χ1v) is 2.85. The lowest BCUT2D eigenvalue weighted by atomic mass is 9.81. The van der Waals surface area contributed by atoms with Gasteiger partial charge in [0.15, 0.2) is 5.81 Å². The van der Waals surface area contributed by atoms with Gasteiger partial charge in [0.05, 0.1) is 0 Å². The van der Waals surface area contributed by atoms with Crippen molar-refractivity contribution in [3.05, 3.63) is 18.7 Å². The highest BCUT2D eigenvalue weighted by molar-refractivity contribution is 6.72. The summed E-state index contributed by atoms with van der Waals surface area (Å²) in [6.07, 6.45) is 4.74. The monoisotopic (exact) mass is 122 g/mol. The molecule has 0 aliphatic carbocycles. The van der Waals surface area contributed by atoms with Crippen molar-refractivity contribution < 1.29 is 4.79 Å². The summed E-state index contributed by atoms with van der Waals surface area (Å²) in [5.74, 6) is 0.0764. The van der Waals surface area contributed by atoms with Crippen LogP contribution in [0.4, 0.5) is 4.79 Å². The predicted molar refractivity (Wildman–Crippen MR) is 36.0 cm³/mol. The highest BCUT2D eigenvalue weighted by Gasteiger charge is 1.98. The number of aromatic nitrogens is 2. The van der Waals surface area contributed by atoms with Gasteiger partial charge in [-0.25, -0.2) is 4.98 Å². The van der Waals surface area contributed by atoms with Crippen molar-refractivity contribution in [2.24, 2.45) is 0 Å². The lowest BCUT2D eigenvalue weighted by molar-refractivity contribution is 0.260. The number of hydrogen-bond acceptors (Lipinski definition) is 2. The van der Waals surface area contributed by atoms with Gasteiger partial charge < -0.3 is 0 Å². The Labute approximate surface area is 53.9 Å². The van der Waals surface area contributed by atoms with Crippen LogP contribution in [0.2, 0.25) is 6.82 Å². The van der Waals surface area contributed by atoms with Crippen LogP contribution in [0.3, 0.4) is 0 Å². The molecule has 0 N–H and O–H groups in total. The zero-order valence-corrected chi connectivity index (χ0v) is 5.24. The second-order valence-electron chi connectivity index (χ2n) is 1.72. The Morgan fingerprint density at radius 2 is 2.56 bits per heavy atom. The Hall–Kier alpha value is -1.06. The average Bonchev–Trinajstić information content (AvgIpc) is 2.37. The van der Waals surface area contributed by atoms with Crippen LogP contribution < -0.4 is 0 Å². The molecule has 0 bridgehead atoms. The standard InChI is InChI=1S/C5H7BN2O/c1-6-5(9)8-3-2-7-4-8/h2-4,6H,1H3. The molecule has 0 aliphatic rings. The van der Waals surface area contributed by atoms with E-state index in [-0.39, 0.29) is 5.81 Å². The molecular formula is C5H7BN2O. The largest absolute Gasteiger partial charge is 0.287 e. The van der Waals surface area contributed by atoms with Crippen molar-refractivity contribution in [3.8, 4) is 0 Å². The molecule has 0 atom stereocenters. The van der Waals surface area contributed by atoms with Crippen LogP contribution in [0.25, 0.3) is 0 Å². The Kier molecular flexibility index (Phi) is 1.67. The van der Waals surface area contributed by atoms with Crippen LogP contribution in [0.5, 0.6) is 0 Å². The molecule has 0 amide bonds. The van der Waals surface area contributed by atoms with E-state index < -0.39 is 0 Å². The van der Waals surface area contributed by atoms with E-state index in [0.717, 1.165) is 0 Å². The molecule has 3 nitrogen and oxygen atoms in total. The summed E-state index contributed by atoms with van der Waals surface area (Å²) < 4.78 is 1.47. The molecule has 0 saturated carbocycles. The number of nitrogens with zero attached hydrogens (tertiary/aromatic N) is 2. The third-order valence-electron chi connectivity index (χ3n) is 1.09. The summed E-state index contributed by atoms with van der Waals surface area (Å²) in [7, 11) is 0.524. The van der Waals surface area contributed by atoms with E-state index in [9.17, 15) is 4.79 Å². The maximum absolute atomic E-state index is 10.8. The average molecular weight is 122 g/mol. The molecule has 1 rings (SSSR count). The molecule has 1 aromatic rings. The molecule has 9 heavy (non-hydrogen) atoms. The van der Waals surface area contributed by atoms with Crippen molar-refractivity contribution in [3.63, 3.8) is 0 Å². The van der Waals surface area contributed by atoms with E-state index in [4.69, 9.17) is 0 Å². The highest BCUT2D eigenvalue weighted by atomic mass is 16.1. The van der Waals surface area contributed by atoms with Crippen molar-refractivity contribution in [1.29, 1.82) is 0 Å². The van der Waals surface area contributed by atoms with Gasteiger partial charge in [-0.3, -0.25) is 9.36 Å². The molecule has 0 aromatic carbocycles. The Balaban J connectivity index is 2.77. The van der Waals surface area contributed by atoms with Gasteiger partial charge in [0.1, 0.15) is 6.33 Å². The summed E-state index contributed by atoms with van der Waals surface area (Å²) >= 11 is 0. The Morgan fingerprint density at radius 1 is 1.78 bits per heavy atom. The molecule has 1 heterocycles. The van der Waals surface area contributed by atoms with E-state index in [1.807, 2.05) is 6.82 Å². The third kappa shape index (κ3) is 1.19. The first-order valence-electron chi connectivity index (χ1n) is 2.85. The number of carbonyl (C=O) groups is 1. The topological polar surface area (TPSA) is 34.9 Å². The van der Waals surface area contributed by atoms with Crippen LogP contribution in [0, 0.1) is 0 Å². The zero-order chi connectivity index (χ0) is 6.69. The fraction of sp³-hybridized carbons (Fsp3) is 0.200. The van der Waals surface area contributed by atoms with Crippen molar-refractivity contribution in [2.45, 2.75) is 6.82 Å². The Bertz CT molecular complexity index is 195. The van der Waals surface area contributed by atoms with Gasteiger partial charge in [0, 0.05) is 12.4 Å². The number of imidazole rings is 1. The Morgan fingerprint density at radius 3 is 3.00 bits per heavy atom. The molecule has 1 aromatic heterocycles. The molecule has 0 saturated heterocycles. The first-order chi connectivity index (χ1) is 4.34. The van der Waals surface area contributed by atoms with Gasteiger partial charge in [-0.2, -0.15) is 0 Å². The molecular weight excluding hydrogens is 115 g/mol. The van der Waals surface area contributed by atoms with Crippen LogP contribution in [0.1, 0.15) is 0 Å². The first kappa shape index (κ1) is 6.07. The smallest absolute Gasteiger partial charge is 0.231 e. The molecule has 0 unspecified atom stereocenters. The van der Waals surface area contributed by atoms with Crippen molar-refractivity contribution in [1.82, 2.24) is 9.55 Å². The van der Waals surface area contributed by atoms with Gasteiger partial charge >= 0.3 is 0 Å². The van der Waals surface area contributed by atoms with Crippen LogP contribution in [-0.4, -0.2) is 22.6 Å². The van der Waals surface area contributed by atoms with Gasteiger partial charge in [-0.15, -0.1) is 0 Å². The number of carbonyl (C=O) groups excluding carboxylic acids is 1. The SMILES string of the molecule is CBC(=O)n1ccnc1. The highest BCUT2D eigenvalue weighted by Crippen LogP contribution is 1.84. The normalized spacial score (nSPS) is 9.00. The molecule has 0 aliphatic heterocycles. The minimum Gasteiger partial charge on any atom is -0.287 e. The minimum atomic E-state index is 0.0764. The van der Waals surface area contributed by atoms with Crippen LogP contribution in [-0.2, 0) is 0 Å². The molecule has 0 radical (unpaired) electrons. The van der Waals surface area contributed by atoms with Crippen LogP contribution in [0.15, 0.2) is 18.7 Å². The second-order valence-corrected chi connectivity index (χ2v) is 1.72. The van der Waals surface area contributed by atoms with Gasteiger partial charge in [-0.05, 0) is 0 Å². The van der Waals surface area contributed by atoms with Gasteiger partial charge in [0.25, 0.3) is 0 Å². The summed E-state index contributed by atoms with van der Waals surface area (Å²) in [5.41, 5.74) is 0. The number of hydrogen-bond donors (Lipinski definition) is 0. The van der Waals surface area contributed by atoms with Crippen LogP contribution >= 0.6 is 0 Å². The fourth-order valence-corrected chi connectivity index (χ4v) is 0.589. The van der Waals surface area contributed by atoms with E-state index in [1.165, 1.54) is 10.9 Å². The maximum Gasteiger partial charge on any atom is 0.231 e. The van der Waals surface area contributed by atoms with E-state index in [2.05, 4.69) is 4.98 Å². The fourth-order valence-electron chi connectivity index (χ4n) is 0.589. The molecule has 4 heteroatoms. The van der Waals surface area contributed by atoms with E-state index in [0.29, 0.717) is 7.28 Å². The second kappa shape index (κ2) is 2.48. The molecule has 0 fully saturated rings. The summed E-state index contributed by atoms with van der Waals surface area (Å²) in [6, 6.07) is 0. The summed E-state index contributed by atoms with van der Waals surface area (Å²) in [4.78, 5) is 14.5. The minimum absolute atomic E-state index is 0.0764. The lowest BCUT2D eigenvalue weighted by Gasteiger charge is -1.92. The van der Waals surface area contributed by atoms with Crippen molar-refractivity contribution >= 4 is 13.1 Å². The molecule has 46 valence electrons. The third-order valence-corrected chi connectivity index (χ3v) is 1.09. The zero-order valence-electron chi connectivity index (χ0n) is 5.24. The lowest BCUT2D eigenvalue weighted by Crippen LogP contribution is -2.11. The predicted octanol–water partition coefficient (Wildman–Crippen LogP) is 0.336. The van der Waals surface area contributed by atoms with E-state index in [1.54, 1.807) is 12.4 Å². The number of rotatable bonds is 1. The van der Waals surface area contributed by atoms with Gasteiger partial charge in [0.2, 0.25) is 7.28 Å². The quantitative estimate of drug-likeness (QED) is 0.503. The van der Waals surface area contributed by atoms with Gasteiger partial charge in [-0.1, -0.05) is 6.82 Å². The summed E-state index contributed by atoms with van der Waals surface area (Å²) in [6.45, 7) is 1.82. The summed E-state index contributed by atoms with van der Waals surface area (Å²) in [5, 5.41) is 0. The maximum atomic E-state index is 10.8. The molecule has 0 spiro atoms. The van der Waals surface area contributed by atoms with E-state index >= 15 is 0 Å².